The summed E-state index contributed by atoms with van der Waals surface area (Å²) in [4.78, 5) is 9.80. The van der Waals surface area contributed by atoms with Crippen LogP contribution in [0.1, 0.15) is 0 Å². The first-order valence-corrected chi connectivity index (χ1v) is 9.36. The van der Waals surface area contributed by atoms with Gasteiger partial charge >= 0.3 is 21.1 Å². The summed E-state index contributed by atoms with van der Waals surface area (Å²) in [6.45, 7) is 0. The Morgan fingerprint density at radius 2 is 1.14 bits per heavy atom. The van der Waals surface area contributed by atoms with Gasteiger partial charge < -0.3 is 0 Å². The van der Waals surface area contributed by atoms with Crippen molar-refractivity contribution in [2.24, 2.45) is 0 Å². The van der Waals surface area contributed by atoms with E-state index in [1.54, 1.807) is 0 Å². The van der Waals surface area contributed by atoms with Gasteiger partial charge in [-0.05, 0) is 29.3 Å². The van der Waals surface area contributed by atoms with Crippen LogP contribution in [0.3, 0.4) is 0 Å². The van der Waals surface area contributed by atoms with E-state index in [1.165, 1.54) is 0 Å². The van der Waals surface area contributed by atoms with Crippen LogP contribution in [-0.4, -0.2) is 9.97 Å². The normalized spacial score (nSPS) is 10.5. The molecule has 0 bridgehead atoms. The Balaban J connectivity index is 0.00000205. The zero-order valence-electron chi connectivity index (χ0n) is 15.6. The van der Waals surface area contributed by atoms with Gasteiger partial charge in [0.2, 0.25) is 0 Å². The molecule has 2 aromatic heterocycles. The van der Waals surface area contributed by atoms with E-state index in [1.807, 2.05) is 30.5 Å². The fourth-order valence-corrected chi connectivity index (χ4v) is 3.58. The molecular weight excluding hydrogens is 535 g/mol. The van der Waals surface area contributed by atoms with Crippen LogP contribution >= 0.6 is 0 Å². The Labute approximate surface area is 184 Å². The summed E-state index contributed by atoms with van der Waals surface area (Å²) in [5.74, 6) is 0. The van der Waals surface area contributed by atoms with Crippen LogP contribution in [0.2, 0.25) is 0 Å². The van der Waals surface area contributed by atoms with Crippen molar-refractivity contribution in [3.63, 3.8) is 0 Å². The number of fused-ring (bicyclic) bond motifs is 1. The third-order valence-corrected chi connectivity index (χ3v) is 4.93. The van der Waals surface area contributed by atoms with Gasteiger partial charge in [-0.1, -0.05) is 84.9 Å². The molecule has 0 aliphatic rings. The second-order valence-electron chi connectivity index (χ2n) is 6.71. The molecular formula is C26H18N2Pt+2. The molecule has 0 saturated carbocycles. The van der Waals surface area contributed by atoms with Crippen molar-refractivity contribution in [1.82, 2.24) is 9.97 Å². The number of rotatable bonds is 3. The molecule has 2 nitrogen and oxygen atoms in total. The predicted octanol–water partition coefficient (Wildman–Crippen LogP) is 6.63. The van der Waals surface area contributed by atoms with Crippen LogP contribution in [0.15, 0.2) is 109 Å². The van der Waals surface area contributed by atoms with E-state index in [0.29, 0.717) is 0 Å². The molecule has 0 amide bonds. The fraction of sp³-hybridized carbons (Fsp3) is 0. The monoisotopic (exact) mass is 553 g/mol. The Hall–Kier alpha value is -3.09. The number of para-hydroxylation sites is 1. The first-order chi connectivity index (χ1) is 13.9. The molecule has 0 N–H and O–H groups in total. The van der Waals surface area contributed by atoms with Gasteiger partial charge in [-0.2, -0.15) is 0 Å². The molecule has 5 rings (SSSR count). The summed E-state index contributed by atoms with van der Waals surface area (Å²) in [6.07, 6.45) is 1.84. The van der Waals surface area contributed by atoms with Crippen LogP contribution in [-0.2, 0) is 21.1 Å². The molecule has 0 fully saturated rings. The smallest absolute Gasteiger partial charge is 0.254 e. The van der Waals surface area contributed by atoms with E-state index in [0.717, 1.165) is 44.5 Å². The van der Waals surface area contributed by atoms with Crippen LogP contribution in [0.25, 0.3) is 44.5 Å². The van der Waals surface area contributed by atoms with Crippen LogP contribution in [0.4, 0.5) is 0 Å². The average molecular weight is 554 g/mol. The number of hydrogen-bond donors (Lipinski definition) is 0. The number of hydrogen-bond acceptors (Lipinski definition) is 2. The van der Waals surface area contributed by atoms with Crippen LogP contribution in [0.5, 0.6) is 0 Å². The molecule has 0 aliphatic heterocycles. The maximum Gasteiger partial charge on any atom is 2.00 e. The largest absolute Gasteiger partial charge is 2.00 e. The van der Waals surface area contributed by atoms with Crippen molar-refractivity contribution < 1.29 is 21.1 Å². The molecule has 0 saturated heterocycles. The quantitative estimate of drug-likeness (QED) is 0.251. The topological polar surface area (TPSA) is 25.8 Å². The first kappa shape index (κ1) is 19.2. The molecule has 0 atom stereocenters. The van der Waals surface area contributed by atoms with Crippen molar-refractivity contribution >= 4 is 10.9 Å². The predicted molar refractivity (Wildman–Crippen MR) is 116 cm³/mol. The van der Waals surface area contributed by atoms with Crippen molar-refractivity contribution in [1.29, 1.82) is 0 Å². The third kappa shape index (κ3) is 3.77. The van der Waals surface area contributed by atoms with Gasteiger partial charge in [0.05, 0.1) is 16.9 Å². The molecule has 140 valence electrons. The summed E-state index contributed by atoms with van der Waals surface area (Å²) in [7, 11) is 0. The molecule has 3 heteroatoms. The Morgan fingerprint density at radius 1 is 0.517 bits per heavy atom. The number of benzene rings is 3. The second-order valence-corrected chi connectivity index (χ2v) is 6.71. The van der Waals surface area contributed by atoms with Gasteiger partial charge in [0.15, 0.2) is 0 Å². The van der Waals surface area contributed by atoms with E-state index in [4.69, 9.17) is 9.97 Å². The Bertz CT molecular complexity index is 1250. The Kier molecular flexibility index (Phi) is 5.64. The van der Waals surface area contributed by atoms with Gasteiger partial charge in [0.25, 0.3) is 0 Å². The molecule has 0 radical (unpaired) electrons. The second kappa shape index (κ2) is 8.51. The maximum atomic E-state index is 5.05. The summed E-state index contributed by atoms with van der Waals surface area (Å²) in [5, 5.41) is 1.13. The van der Waals surface area contributed by atoms with Crippen molar-refractivity contribution in [2.45, 2.75) is 0 Å². The van der Waals surface area contributed by atoms with Crippen molar-refractivity contribution in [3.05, 3.63) is 109 Å². The van der Waals surface area contributed by atoms with Gasteiger partial charge in [-0.25, -0.2) is 4.98 Å². The minimum atomic E-state index is 0. The molecule has 0 spiro atoms. The maximum absolute atomic E-state index is 5.05. The zero-order valence-corrected chi connectivity index (χ0v) is 17.9. The minimum absolute atomic E-state index is 0. The molecule has 0 aliphatic carbocycles. The third-order valence-electron chi connectivity index (χ3n) is 4.93. The van der Waals surface area contributed by atoms with Crippen LogP contribution in [0, 0.1) is 0 Å². The van der Waals surface area contributed by atoms with Gasteiger partial charge in [-0.3, -0.25) is 4.98 Å². The number of aromatic nitrogens is 2. The Morgan fingerprint density at radius 3 is 1.86 bits per heavy atom. The summed E-state index contributed by atoms with van der Waals surface area (Å²) in [6, 6.07) is 35.3. The molecule has 2 heterocycles. The van der Waals surface area contributed by atoms with Crippen molar-refractivity contribution in [3.8, 4) is 33.6 Å². The first-order valence-electron chi connectivity index (χ1n) is 9.36. The van der Waals surface area contributed by atoms with E-state index >= 15 is 0 Å². The minimum Gasteiger partial charge on any atom is -0.254 e. The number of pyridine rings is 2. The van der Waals surface area contributed by atoms with E-state index in [-0.39, 0.29) is 21.1 Å². The SMILES string of the molecule is [Pt+2].c1ccc(-c2cccnc2-c2nc3ccccc3cc2-c2ccccc2)cc1. The summed E-state index contributed by atoms with van der Waals surface area (Å²) in [5.41, 5.74) is 7.24. The molecule has 29 heavy (non-hydrogen) atoms. The standard InChI is InChI=1S/C26H18N2.Pt/c1-3-10-19(11-4-1)22-15-9-17-27-25(22)26-23(20-12-5-2-6-13-20)18-21-14-7-8-16-24(21)28-26;/h1-18H;/q;+2. The van der Waals surface area contributed by atoms with E-state index < -0.39 is 0 Å². The molecule has 3 aromatic carbocycles. The van der Waals surface area contributed by atoms with Gasteiger partial charge in [-0.15, -0.1) is 0 Å². The zero-order chi connectivity index (χ0) is 18.8. The summed E-state index contributed by atoms with van der Waals surface area (Å²) >= 11 is 0. The van der Waals surface area contributed by atoms with Gasteiger partial charge in [0, 0.05) is 22.7 Å². The average Bonchev–Trinajstić information content (AvgIpc) is 2.79. The number of nitrogens with zero attached hydrogens (tertiary/aromatic N) is 2. The van der Waals surface area contributed by atoms with E-state index in [9.17, 15) is 0 Å². The van der Waals surface area contributed by atoms with Gasteiger partial charge in [0.1, 0.15) is 0 Å². The van der Waals surface area contributed by atoms with E-state index in [2.05, 4.69) is 78.9 Å². The fourth-order valence-electron chi connectivity index (χ4n) is 3.58. The van der Waals surface area contributed by atoms with Crippen molar-refractivity contribution in [2.75, 3.05) is 0 Å². The molecule has 0 unspecified atom stereocenters. The summed E-state index contributed by atoms with van der Waals surface area (Å²) < 4.78 is 0. The van der Waals surface area contributed by atoms with Crippen LogP contribution < -0.4 is 0 Å². The molecule has 5 aromatic rings.